The van der Waals surface area contributed by atoms with Gasteiger partial charge in [-0.05, 0) is 30.5 Å². The van der Waals surface area contributed by atoms with Crippen molar-refractivity contribution in [3.05, 3.63) is 41.5 Å². The number of benzene rings is 1. The zero-order chi connectivity index (χ0) is 17.6. The average molecular weight is 343 g/mol. The summed E-state index contributed by atoms with van der Waals surface area (Å²) < 4.78 is 10.9. The summed E-state index contributed by atoms with van der Waals surface area (Å²) in [7, 11) is 0. The first kappa shape index (κ1) is 17.5. The van der Waals surface area contributed by atoms with E-state index in [1.165, 1.54) is 0 Å². The highest BCUT2D eigenvalue weighted by Crippen LogP contribution is 2.28. The van der Waals surface area contributed by atoms with Gasteiger partial charge in [0.2, 0.25) is 11.8 Å². The summed E-state index contributed by atoms with van der Waals surface area (Å²) >= 11 is 0. The second-order valence-corrected chi connectivity index (χ2v) is 6.47. The Morgan fingerprint density at radius 3 is 2.76 bits per heavy atom. The molecule has 1 fully saturated rings. The minimum absolute atomic E-state index is 0.00207. The highest BCUT2D eigenvalue weighted by Gasteiger charge is 2.34. The first-order valence-electron chi connectivity index (χ1n) is 9.01. The number of ether oxygens (including phenoxy) is 1. The Labute approximate surface area is 148 Å². The molecule has 6 heteroatoms. The third-order valence-electron chi connectivity index (χ3n) is 4.29. The van der Waals surface area contributed by atoms with Crippen molar-refractivity contribution >= 4 is 5.91 Å². The molecule has 1 unspecified atom stereocenters. The molecule has 0 aliphatic carbocycles. The van der Waals surface area contributed by atoms with Crippen molar-refractivity contribution in [3.63, 3.8) is 0 Å². The lowest BCUT2D eigenvalue weighted by Gasteiger charge is -2.16. The van der Waals surface area contributed by atoms with E-state index < -0.39 is 0 Å². The minimum atomic E-state index is -0.00207. The summed E-state index contributed by atoms with van der Waals surface area (Å²) in [6, 6.07) is 7.94. The molecule has 3 rings (SSSR count). The first-order valence-corrected chi connectivity index (χ1v) is 9.01. The molecule has 1 saturated heterocycles. The summed E-state index contributed by atoms with van der Waals surface area (Å²) in [5.74, 6) is 2.31. The number of carbonyl (C=O) groups is 1. The molecule has 1 aromatic carbocycles. The lowest BCUT2D eigenvalue weighted by molar-refractivity contribution is -0.128. The van der Waals surface area contributed by atoms with Crippen LogP contribution in [0.25, 0.3) is 0 Å². The molecule has 1 amide bonds. The Morgan fingerprint density at radius 2 is 2.04 bits per heavy atom. The molecule has 1 atom stereocenters. The zero-order valence-corrected chi connectivity index (χ0v) is 14.9. The molecule has 2 aromatic rings. The maximum Gasteiger partial charge on any atom is 0.232 e. The fourth-order valence-electron chi connectivity index (χ4n) is 2.98. The molecule has 0 radical (unpaired) electrons. The fourth-order valence-corrected chi connectivity index (χ4v) is 2.98. The second kappa shape index (κ2) is 8.14. The Morgan fingerprint density at radius 1 is 1.24 bits per heavy atom. The molecular weight excluding hydrogens is 318 g/mol. The van der Waals surface area contributed by atoms with Gasteiger partial charge in [0, 0.05) is 25.9 Å². The molecule has 1 aromatic heterocycles. The molecule has 1 aliphatic rings. The summed E-state index contributed by atoms with van der Waals surface area (Å²) in [6.07, 6.45) is 3.21. The molecule has 6 nitrogen and oxygen atoms in total. The topological polar surface area (TPSA) is 68.5 Å². The van der Waals surface area contributed by atoms with E-state index in [9.17, 15) is 4.79 Å². The predicted octanol–water partition coefficient (Wildman–Crippen LogP) is 3.33. The molecular formula is C19H25N3O3. The molecule has 0 bridgehead atoms. The zero-order valence-electron chi connectivity index (χ0n) is 14.9. The van der Waals surface area contributed by atoms with Gasteiger partial charge in [-0.2, -0.15) is 4.98 Å². The summed E-state index contributed by atoms with van der Waals surface area (Å²) in [5.41, 5.74) is 1.09. The third-order valence-corrected chi connectivity index (χ3v) is 4.29. The van der Waals surface area contributed by atoms with Gasteiger partial charge in [-0.15, -0.1) is 0 Å². The van der Waals surface area contributed by atoms with Crippen LogP contribution in [0.4, 0.5) is 0 Å². The van der Waals surface area contributed by atoms with Crippen LogP contribution in [-0.2, 0) is 17.8 Å². The standard InChI is InChI=1S/C19H25N3O3/c1-3-5-17-20-19(25-21-17)15-11-18(23)22(13-15)12-14-6-8-16(9-7-14)24-10-4-2/h6-9,15H,3-5,10-13H2,1-2H3. The first-order chi connectivity index (χ1) is 12.2. The predicted molar refractivity (Wildman–Crippen MR) is 93.3 cm³/mol. The number of likely N-dealkylation sites (tertiary alicyclic amines) is 1. The van der Waals surface area contributed by atoms with Crippen molar-refractivity contribution in [3.8, 4) is 5.75 Å². The van der Waals surface area contributed by atoms with E-state index in [2.05, 4.69) is 24.0 Å². The lowest BCUT2D eigenvalue weighted by atomic mass is 10.1. The normalized spacial score (nSPS) is 17.3. The number of hydrogen-bond acceptors (Lipinski definition) is 5. The van der Waals surface area contributed by atoms with Gasteiger partial charge in [-0.3, -0.25) is 4.79 Å². The number of aryl methyl sites for hydroxylation is 1. The van der Waals surface area contributed by atoms with E-state index in [1.54, 1.807) is 0 Å². The van der Waals surface area contributed by atoms with Gasteiger partial charge in [-0.25, -0.2) is 0 Å². The number of hydrogen-bond donors (Lipinski definition) is 0. The van der Waals surface area contributed by atoms with Gasteiger partial charge in [-0.1, -0.05) is 31.1 Å². The monoisotopic (exact) mass is 343 g/mol. The van der Waals surface area contributed by atoms with Gasteiger partial charge in [0.05, 0.1) is 12.5 Å². The molecule has 0 saturated carbocycles. The van der Waals surface area contributed by atoms with Gasteiger partial charge in [0.25, 0.3) is 0 Å². The van der Waals surface area contributed by atoms with Gasteiger partial charge in [0.1, 0.15) is 5.75 Å². The maximum absolute atomic E-state index is 12.3. The molecule has 2 heterocycles. The average Bonchev–Trinajstić information content (AvgIpc) is 3.22. The van der Waals surface area contributed by atoms with Crippen molar-refractivity contribution in [2.24, 2.45) is 0 Å². The van der Waals surface area contributed by atoms with Crippen LogP contribution >= 0.6 is 0 Å². The van der Waals surface area contributed by atoms with Crippen LogP contribution in [0.3, 0.4) is 0 Å². The van der Waals surface area contributed by atoms with Crippen molar-refractivity contribution in [2.75, 3.05) is 13.2 Å². The number of carbonyl (C=O) groups excluding carboxylic acids is 1. The van der Waals surface area contributed by atoms with Crippen LogP contribution in [0.15, 0.2) is 28.8 Å². The highest BCUT2D eigenvalue weighted by molar-refractivity contribution is 5.79. The van der Waals surface area contributed by atoms with Crippen molar-refractivity contribution < 1.29 is 14.1 Å². The van der Waals surface area contributed by atoms with Gasteiger partial charge < -0.3 is 14.2 Å². The quantitative estimate of drug-likeness (QED) is 0.735. The molecule has 0 N–H and O–H groups in total. The van der Waals surface area contributed by atoms with Crippen LogP contribution in [0.5, 0.6) is 5.75 Å². The number of aromatic nitrogens is 2. The second-order valence-electron chi connectivity index (χ2n) is 6.47. The molecule has 25 heavy (non-hydrogen) atoms. The van der Waals surface area contributed by atoms with Crippen LogP contribution in [-0.4, -0.2) is 34.1 Å². The van der Waals surface area contributed by atoms with E-state index in [-0.39, 0.29) is 11.8 Å². The van der Waals surface area contributed by atoms with Gasteiger partial charge in [0.15, 0.2) is 5.82 Å². The molecule has 0 spiro atoms. The van der Waals surface area contributed by atoms with E-state index in [0.29, 0.717) is 25.4 Å². The third kappa shape index (κ3) is 4.38. The number of nitrogens with zero attached hydrogens (tertiary/aromatic N) is 3. The SMILES string of the molecule is CCCOc1ccc(CN2CC(c3nc(CCC)no3)CC2=O)cc1. The van der Waals surface area contributed by atoms with E-state index in [4.69, 9.17) is 9.26 Å². The summed E-state index contributed by atoms with van der Waals surface area (Å²) in [5, 5.41) is 3.99. The van der Waals surface area contributed by atoms with Crippen molar-refractivity contribution in [1.29, 1.82) is 0 Å². The molecule has 134 valence electrons. The molecule has 1 aliphatic heterocycles. The Balaban J connectivity index is 1.58. The van der Waals surface area contributed by atoms with Crippen LogP contribution < -0.4 is 4.74 Å². The van der Waals surface area contributed by atoms with Crippen LogP contribution in [0, 0.1) is 0 Å². The Hall–Kier alpha value is -2.37. The largest absolute Gasteiger partial charge is 0.494 e. The lowest BCUT2D eigenvalue weighted by Crippen LogP contribution is -2.24. The Bertz CT molecular complexity index is 696. The Kier molecular flexibility index (Phi) is 5.68. The maximum atomic E-state index is 12.3. The minimum Gasteiger partial charge on any atom is -0.494 e. The number of rotatable bonds is 8. The summed E-state index contributed by atoms with van der Waals surface area (Å²) in [4.78, 5) is 18.6. The fraction of sp³-hybridized carbons (Fsp3) is 0.526. The van der Waals surface area contributed by atoms with E-state index >= 15 is 0 Å². The highest BCUT2D eigenvalue weighted by atomic mass is 16.5. The number of amides is 1. The van der Waals surface area contributed by atoms with Crippen LogP contribution in [0.2, 0.25) is 0 Å². The van der Waals surface area contributed by atoms with E-state index in [1.807, 2.05) is 29.2 Å². The van der Waals surface area contributed by atoms with Crippen LogP contribution in [0.1, 0.15) is 56.3 Å². The smallest absolute Gasteiger partial charge is 0.232 e. The van der Waals surface area contributed by atoms with Crippen molar-refractivity contribution in [2.45, 2.75) is 52.0 Å². The van der Waals surface area contributed by atoms with E-state index in [0.717, 1.165) is 43.0 Å². The summed E-state index contributed by atoms with van der Waals surface area (Å²) in [6.45, 7) is 6.10. The van der Waals surface area contributed by atoms with Gasteiger partial charge >= 0.3 is 0 Å². The van der Waals surface area contributed by atoms with Crippen molar-refractivity contribution in [1.82, 2.24) is 15.0 Å².